The molecule has 0 saturated carbocycles. The zero-order valence-electron chi connectivity index (χ0n) is 20.6. The first-order chi connectivity index (χ1) is 17.6. The van der Waals surface area contributed by atoms with Crippen molar-refractivity contribution in [1.29, 1.82) is 0 Å². The first kappa shape index (κ1) is 26.5. The number of nitrogens with zero attached hydrogens (tertiary/aromatic N) is 3. The summed E-state index contributed by atoms with van der Waals surface area (Å²) in [6, 6.07) is 15.5. The number of carbonyl (C=O) groups is 1. The molecule has 2 aliphatic heterocycles. The third-order valence-electron chi connectivity index (χ3n) is 6.48. The van der Waals surface area contributed by atoms with Gasteiger partial charge in [-0.3, -0.25) is 14.6 Å². The number of β-amino-alcohol motifs (C(OH)–C–C–N with tert-alkyl or cyclic N) is 1. The Kier molecular flexibility index (Phi) is 10.1. The predicted octanol–water partition coefficient (Wildman–Crippen LogP) is 1.74. The van der Waals surface area contributed by atoms with Gasteiger partial charge >= 0.3 is 0 Å². The van der Waals surface area contributed by atoms with Crippen LogP contribution in [-0.2, 0) is 9.47 Å². The molecule has 1 N–H and O–H groups in total. The number of rotatable bonds is 11. The van der Waals surface area contributed by atoms with Crippen LogP contribution in [0.2, 0.25) is 0 Å². The lowest BCUT2D eigenvalue weighted by molar-refractivity contribution is -0.0545. The van der Waals surface area contributed by atoms with Crippen molar-refractivity contribution >= 4 is 5.91 Å². The van der Waals surface area contributed by atoms with E-state index in [1.54, 1.807) is 17.0 Å². The number of hydrogen-bond acceptors (Lipinski definition) is 7. The number of ether oxygens (including phenoxy) is 3. The molecule has 2 heterocycles. The Morgan fingerprint density at radius 3 is 2.56 bits per heavy atom. The second-order valence-corrected chi connectivity index (χ2v) is 9.22. The molecule has 2 unspecified atom stereocenters. The van der Waals surface area contributed by atoms with Crippen LogP contribution in [-0.4, -0.2) is 117 Å². The van der Waals surface area contributed by atoms with E-state index in [2.05, 4.69) is 9.80 Å². The van der Waals surface area contributed by atoms with E-state index in [0.29, 0.717) is 59.1 Å². The molecule has 2 aromatic carbocycles. The van der Waals surface area contributed by atoms with E-state index in [-0.39, 0.29) is 24.2 Å². The lowest BCUT2D eigenvalue weighted by Crippen LogP contribution is -2.52. The molecule has 8 nitrogen and oxygen atoms in total. The summed E-state index contributed by atoms with van der Waals surface area (Å²) >= 11 is 0. The smallest absolute Gasteiger partial charge is 0.256 e. The third kappa shape index (κ3) is 7.97. The monoisotopic (exact) mass is 501 g/mol. The Labute approximate surface area is 212 Å². The van der Waals surface area contributed by atoms with Crippen molar-refractivity contribution in [3.63, 3.8) is 0 Å². The molecule has 2 fully saturated rings. The minimum absolute atomic E-state index is 0.0700. The highest BCUT2D eigenvalue weighted by atomic mass is 19.1. The molecule has 0 bridgehead atoms. The molecule has 0 spiro atoms. The second-order valence-electron chi connectivity index (χ2n) is 9.22. The summed E-state index contributed by atoms with van der Waals surface area (Å²) in [6.45, 7) is 6.91. The molecule has 4 rings (SSSR count). The van der Waals surface area contributed by atoms with Gasteiger partial charge in [0.1, 0.15) is 24.3 Å². The van der Waals surface area contributed by atoms with Gasteiger partial charge in [-0.05, 0) is 24.3 Å². The van der Waals surface area contributed by atoms with E-state index < -0.39 is 11.9 Å². The number of carbonyl (C=O) groups excluding carboxylic acids is 1. The second kappa shape index (κ2) is 13.7. The number of halogens is 1. The molecule has 2 aromatic rings. The van der Waals surface area contributed by atoms with Crippen LogP contribution in [0.15, 0.2) is 54.6 Å². The van der Waals surface area contributed by atoms with Crippen LogP contribution in [0.3, 0.4) is 0 Å². The van der Waals surface area contributed by atoms with Crippen LogP contribution in [0.25, 0.3) is 0 Å². The maximum atomic E-state index is 14.4. The topological polar surface area (TPSA) is 74.7 Å². The minimum atomic E-state index is -0.651. The number of para-hydroxylation sites is 1. The van der Waals surface area contributed by atoms with Crippen LogP contribution in [0.4, 0.5) is 4.39 Å². The van der Waals surface area contributed by atoms with Crippen molar-refractivity contribution in [1.82, 2.24) is 14.7 Å². The number of morpholine rings is 2. The Balaban J connectivity index is 1.33. The first-order valence-electron chi connectivity index (χ1n) is 12.6. The van der Waals surface area contributed by atoms with Gasteiger partial charge < -0.3 is 24.2 Å². The summed E-state index contributed by atoms with van der Waals surface area (Å²) in [5.41, 5.74) is 0.0700. The van der Waals surface area contributed by atoms with Gasteiger partial charge in [-0.15, -0.1) is 0 Å². The highest BCUT2D eigenvalue weighted by molar-refractivity contribution is 5.94. The Morgan fingerprint density at radius 2 is 1.78 bits per heavy atom. The van der Waals surface area contributed by atoms with Crippen LogP contribution in [0, 0.1) is 5.82 Å². The predicted molar refractivity (Wildman–Crippen MR) is 134 cm³/mol. The molecule has 2 atom stereocenters. The lowest BCUT2D eigenvalue weighted by Gasteiger charge is -2.37. The number of hydrogen-bond donors (Lipinski definition) is 1. The third-order valence-corrected chi connectivity index (χ3v) is 6.48. The van der Waals surface area contributed by atoms with Crippen molar-refractivity contribution < 1.29 is 28.5 Å². The molecule has 196 valence electrons. The maximum absolute atomic E-state index is 14.4. The van der Waals surface area contributed by atoms with Crippen molar-refractivity contribution in [2.45, 2.75) is 12.2 Å². The number of benzene rings is 2. The fourth-order valence-corrected chi connectivity index (χ4v) is 4.53. The van der Waals surface area contributed by atoms with Gasteiger partial charge in [-0.25, -0.2) is 4.39 Å². The molecule has 2 aliphatic rings. The van der Waals surface area contributed by atoms with Crippen LogP contribution in [0.1, 0.15) is 10.4 Å². The largest absolute Gasteiger partial charge is 0.491 e. The van der Waals surface area contributed by atoms with E-state index >= 15 is 0 Å². The van der Waals surface area contributed by atoms with E-state index in [1.807, 2.05) is 30.3 Å². The number of aliphatic hydroxyl groups is 1. The molecule has 0 aliphatic carbocycles. The molecule has 0 aromatic heterocycles. The van der Waals surface area contributed by atoms with E-state index in [4.69, 9.17) is 14.2 Å². The lowest BCUT2D eigenvalue weighted by atomic mass is 10.1. The van der Waals surface area contributed by atoms with Gasteiger partial charge in [0.2, 0.25) is 0 Å². The molecule has 1 amide bonds. The minimum Gasteiger partial charge on any atom is -0.491 e. The fourth-order valence-electron chi connectivity index (χ4n) is 4.53. The van der Waals surface area contributed by atoms with Crippen LogP contribution in [0.5, 0.6) is 5.75 Å². The molecular weight excluding hydrogens is 465 g/mol. The van der Waals surface area contributed by atoms with Crippen LogP contribution < -0.4 is 4.74 Å². The van der Waals surface area contributed by atoms with Gasteiger partial charge in [0.15, 0.2) is 0 Å². The van der Waals surface area contributed by atoms with Crippen molar-refractivity contribution in [3.8, 4) is 5.75 Å². The van der Waals surface area contributed by atoms with Gasteiger partial charge in [0, 0.05) is 52.4 Å². The highest BCUT2D eigenvalue weighted by Gasteiger charge is 2.28. The van der Waals surface area contributed by atoms with Crippen LogP contribution >= 0.6 is 0 Å². The summed E-state index contributed by atoms with van der Waals surface area (Å²) < 4.78 is 31.5. The maximum Gasteiger partial charge on any atom is 0.256 e. The fraction of sp³-hybridized carbons (Fsp3) is 0.519. The normalized spacial score (nSPS) is 20.1. The highest BCUT2D eigenvalue weighted by Crippen LogP contribution is 2.15. The summed E-state index contributed by atoms with van der Waals surface area (Å²) in [6.07, 6.45) is -0.886. The van der Waals surface area contributed by atoms with Crippen molar-refractivity contribution in [2.24, 2.45) is 0 Å². The summed E-state index contributed by atoms with van der Waals surface area (Å²) in [5.74, 6) is -0.135. The summed E-state index contributed by atoms with van der Waals surface area (Å²) in [7, 11) is 0. The Morgan fingerprint density at radius 1 is 1.06 bits per heavy atom. The molecule has 0 radical (unpaired) electrons. The average molecular weight is 502 g/mol. The molecule has 9 heteroatoms. The number of aliphatic hydroxyl groups excluding tert-OH is 1. The molecule has 2 saturated heterocycles. The SMILES string of the molecule is O=C(c1ccccc1F)N(CCN1CCOCC1)CC1CN(CC(O)COc2ccccc2)CCO1. The zero-order chi connectivity index (χ0) is 25.2. The Bertz CT molecular complexity index is 944. The zero-order valence-corrected chi connectivity index (χ0v) is 20.6. The average Bonchev–Trinajstić information content (AvgIpc) is 2.91. The summed E-state index contributed by atoms with van der Waals surface area (Å²) in [5, 5.41) is 10.5. The van der Waals surface area contributed by atoms with Gasteiger partial charge in [0.05, 0.1) is 31.5 Å². The van der Waals surface area contributed by atoms with Crippen molar-refractivity contribution in [2.75, 3.05) is 78.8 Å². The van der Waals surface area contributed by atoms with Gasteiger partial charge in [0.25, 0.3) is 5.91 Å². The van der Waals surface area contributed by atoms with E-state index in [1.165, 1.54) is 12.1 Å². The number of amides is 1. The van der Waals surface area contributed by atoms with Crippen molar-refractivity contribution in [3.05, 3.63) is 66.0 Å². The van der Waals surface area contributed by atoms with Gasteiger partial charge in [-0.2, -0.15) is 0 Å². The Hall–Kier alpha value is -2.56. The summed E-state index contributed by atoms with van der Waals surface area (Å²) in [4.78, 5) is 19.4. The van der Waals surface area contributed by atoms with E-state index in [9.17, 15) is 14.3 Å². The first-order valence-corrected chi connectivity index (χ1v) is 12.6. The standard InChI is InChI=1S/C27H36FN3O5/c28-26-9-5-4-8-25(26)27(33)31(11-10-29-12-15-34-16-13-29)20-24-19-30(14-17-35-24)18-22(32)21-36-23-6-2-1-3-7-23/h1-9,22,24,32H,10-21H2. The quantitative estimate of drug-likeness (QED) is 0.503. The molecular formula is C27H36FN3O5. The molecule has 36 heavy (non-hydrogen) atoms. The van der Waals surface area contributed by atoms with Gasteiger partial charge in [-0.1, -0.05) is 30.3 Å². The van der Waals surface area contributed by atoms with E-state index in [0.717, 1.165) is 18.8 Å².